The highest BCUT2D eigenvalue weighted by Gasteiger charge is 2.32. The molecule has 138 valence electrons. The van der Waals surface area contributed by atoms with Crippen LogP contribution in [0.25, 0.3) is 0 Å². The van der Waals surface area contributed by atoms with Crippen molar-refractivity contribution in [2.24, 2.45) is 5.92 Å². The standard InChI is InChI=1S/C16H21N3O4S.ClH/c1-24(22,23)14-4-2-3-12(9-14)15(20)18-5-7-19(8-6-18)16(21)13-10-17-11-13;/h2-4,9,13,17H,5-8,10-11H2,1H3;1H. The molecule has 2 aliphatic rings. The molecule has 0 unspecified atom stereocenters. The summed E-state index contributed by atoms with van der Waals surface area (Å²) in [5, 5.41) is 3.09. The van der Waals surface area contributed by atoms with Crippen LogP contribution in [0.2, 0.25) is 0 Å². The molecule has 9 heteroatoms. The molecule has 7 nitrogen and oxygen atoms in total. The van der Waals surface area contributed by atoms with Gasteiger partial charge in [-0.3, -0.25) is 9.59 Å². The molecule has 0 radical (unpaired) electrons. The van der Waals surface area contributed by atoms with Gasteiger partial charge in [-0.2, -0.15) is 0 Å². The van der Waals surface area contributed by atoms with Crippen LogP contribution in [0.5, 0.6) is 0 Å². The van der Waals surface area contributed by atoms with Gasteiger partial charge in [0.05, 0.1) is 10.8 Å². The van der Waals surface area contributed by atoms with Crippen LogP contribution in [0.4, 0.5) is 0 Å². The van der Waals surface area contributed by atoms with Crippen molar-refractivity contribution in [3.05, 3.63) is 29.8 Å². The molecule has 0 atom stereocenters. The number of carbonyl (C=O) groups is 2. The van der Waals surface area contributed by atoms with Gasteiger partial charge < -0.3 is 15.1 Å². The molecule has 1 aromatic rings. The summed E-state index contributed by atoms with van der Waals surface area (Å²) >= 11 is 0. The van der Waals surface area contributed by atoms with E-state index in [4.69, 9.17) is 0 Å². The first-order valence-corrected chi connectivity index (χ1v) is 9.84. The largest absolute Gasteiger partial charge is 0.339 e. The first kappa shape index (κ1) is 19.7. The Balaban J connectivity index is 0.00000225. The molecular weight excluding hydrogens is 366 g/mol. The smallest absolute Gasteiger partial charge is 0.254 e. The van der Waals surface area contributed by atoms with E-state index >= 15 is 0 Å². The summed E-state index contributed by atoms with van der Waals surface area (Å²) in [7, 11) is -3.35. The summed E-state index contributed by atoms with van der Waals surface area (Å²) in [4.78, 5) is 28.4. The number of hydrogen-bond donors (Lipinski definition) is 1. The number of rotatable bonds is 3. The van der Waals surface area contributed by atoms with Crippen molar-refractivity contribution < 1.29 is 18.0 Å². The highest BCUT2D eigenvalue weighted by Crippen LogP contribution is 2.16. The zero-order valence-electron chi connectivity index (χ0n) is 14.0. The van der Waals surface area contributed by atoms with Gasteiger partial charge in [0.1, 0.15) is 0 Å². The Morgan fingerprint density at radius 3 is 2.20 bits per heavy atom. The minimum atomic E-state index is -3.35. The minimum Gasteiger partial charge on any atom is -0.339 e. The van der Waals surface area contributed by atoms with Crippen molar-refractivity contribution in [1.82, 2.24) is 15.1 Å². The first-order valence-electron chi connectivity index (χ1n) is 7.95. The number of halogens is 1. The third kappa shape index (κ3) is 4.31. The van der Waals surface area contributed by atoms with Crippen molar-refractivity contribution in [3.63, 3.8) is 0 Å². The van der Waals surface area contributed by atoms with Crippen molar-refractivity contribution in [2.75, 3.05) is 45.5 Å². The van der Waals surface area contributed by atoms with Crippen molar-refractivity contribution in [1.29, 1.82) is 0 Å². The van der Waals surface area contributed by atoms with Gasteiger partial charge in [0.15, 0.2) is 9.84 Å². The molecule has 1 aromatic carbocycles. The van der Waals surface area contributed by atoms with Crippen LogP contribution < -0.4 is 5.32 Å². The van der Waals surface area contributed by atoms with E-state index < -0.39 is 9.84 Å². The molecule has 3 rings (SSSR count). The lowest BCUT2D eigenvalue weighted by molar-refractivity contribution is -0.138. The lowest BCUT2D eigenvalue weighted by Crippen LogP contribution is -2.57. The van der Waals surface area contributed by atoms with E-state index in [1.807, 2.05) is 4.90 Å². The Morgan fingerprint density at radius 1 is 1.08 bits per heavy atom. The normalized spacial score (nSPS) is 18.3. The van der Waals surface area contributed by atoms with Crippen LogP contribution in [0, 0.1) is 5.92 Å². The molecule has 2 amide bonds. The second kappa shape index (κ2) is 7.72. The maximum Gasteiger partial charge on any atom is 0.254 e. The van der Waals surface area contributed by atoms with E-state index in [0.717, 1.165) is 19.3 Å². The molecular formula is C16H22ClN3O4S. The minimum absolute atomic E-state index is 0. The fourth-order valence-electron chi connectivity index (χ4n) is 2.89. The van der Waals surface area contributed by atoms with Crippen molar-refractivity contribution in [2.45, 2.75) is 4.90 Å². The average molecular weight is 388 g/mol. The van der Waals surface area contributed by atoms with E-state index in [-0.39, 0.29) is 35.0 Å². The Hall–Kier alpha value is -1.64. The molecule has 0 saturated carbocycles. The number of benzene rings is 1. The molecule has 2 aliphatic heterocycles. The number of amides is 2. The van der Waals surface area contributed by atoms with E-state index in [9.17, 15) is 18.0 Å². The van der Waals surface area contributed by atoms with E-state index in [1.165, 1.54) is 12.1 Å². The van der Waals surface area contributed by atoms with Gasteiger partial charge in [0, 0.05) is 51.1 Å². The van der Waals surface area contributed by atoms with Crippen molar-refractivity contribution >= 4 is 34.1 Å². The molecule has 1 N–H and O–H groups in total. The Morgan fingerprint density at radius 2 is 1.68 bits per heavy atom. The average Bonchev–Trinajstić information content (AvgIpc) is 2.52. The number of sulfone groups is 1. The van der Waals surface area contributed by atoms with Crippen LogP contribution in [0.3, 0.4) is 0 Å². The second-order valence-electron chi connectivity index (χ2n) is 6.27. The fourth-order valence-corrected chi connectivity index (χ4v) is 3.56. The number of nitrogens with one attached hydrogen (secondary N) is 1. The van der Waals surface area contributed by atoms with Gasteiger partial charge >= 0.3 is 0 Å². The summed E-state index contributed by atoms with van der Waals surface area (Å²) in [5.74, 6) is 0.0246. The highest BCUT2D eigenvalue weighted by molar-refractivity contribution is 7.90. The third-order valence-electron chi connectivity index (χ3n) is 4.52. The molecule has 2 heterocycles. The van der Waals surface area contributed by atoms with Gasteiger partial charge in [-0.15, -0.1) is 12.4 Å². The summed E-state index contributed by atoms with van der Waals surface area (Å²) in [5.41, 5.74) is 0.362. The maximum absolute atomic E-state index is 12.6. The topological polar surface area (TPSA) is 86.8 Å². The zero-order chi connectivity index (χ0) is 17.3. The molecule has 0 spiro atoms. The van der Waals surface area contributed by atoms with Crippen LogP contribution in [-0.2, 0) is 14.6 Å². The first-order chi connectivity index (χ1) is 11.4. The van der Waals surface area contributed by atoms with Gasteiger partial charge in [-0.25, -0.2) is 8.42 Å². The van der Waals surface area contributed by atoms with E-state index in [1.54, 1.807) is 17.0 Å². The van der Waals surface area contributed by atoms with E-state index in [0.29, 0.717) is 31.7 Å². The van der Waals surface area contributed by atoms with Gasteiger partial charge in [0.25, 0.3) is 5.91 Å². The fraction of sp³-hybridized carbons (Fsp3) is 0.500. The van der Waals surface area contributed by atoms with Gasteiger partial charge in [0.2, 0.25) is 5.91 Å². The molecule has 0 aliphatic carbocycles. The molecule has 25 heavy (non-hydrogen) atoms. The Kier molecular flexibility index (Phi) is 6.08. The molecule has 0 aromatic heterocycles. The number of hydrogen-bond acceptors (Lipinski definition) is 5. The number of piperazine rings is 1. The SMILES string of the molecule is CS(=O)(=O)c1cccc(C(=O)N2CCN(C(=O)C3CNC3)CC2)c1.Cl. The summed E-state index contributed by atoms with van der Waals surface area (Å²) in [6.07, 6.45) is 1.12. The second-order valence-corrected chi connectivity index (χ2v) is 8.29. The highest BCUT2D eigenvalue weighted by atomic mass is 35.5. The number of carbonyl (C=O) groups excluding carboxylic acids is 2. The van der Waals surface area contributed by atoms with Gasteiger partial charge in [-0.1, -0.05) is 6.07 Å². The predicted molar refractivity (Wildman–Crippen MR) is 95.6 cm³/mol. The molecule has 2 saturated heterocycles. The van der Waals surface area contributed by atoms with Crippen LogP contribution >= 0.6 is 12.4 Å². The third-order valence-corrected chi connectivity index (χ3v) is 5.63. The number of nitrogens with zero attached hydrogens (tertiary/aromatic N) is 2. The van der Waals surface area contributed by atoms with Crippen LogP contribution in [0.15, 0.2) is 29.2 Å². The summed E-state index contributed by atoms with van der Waals surface area (Å²) in [6.45, 7) is 3.44. The van der Waals surface area contributed by atoms with Crippen molar-refractivity contribution in [3.8, 4) is 0 Å². The molecule has 0 bridgehead atoms. The Labute approximate surface area is 153 Å². The lowest BCUT2D eigenvalue weighted by Gasteiger charge is -2.38. The summed E-state index contributed by atoms with van der Waals surface area (Å²) < 4.78 is 23.3. The molecule has 2 fully saturated rings. The monoisotopic (exact) mass is 387 g/mol. The lowest BCUT2D eigenvalue weighted by atomic mass is 10.0. The predicted octanol–water partition coefficient (Wildman–Crippen LogP) is 0.0157. The Bertz CT molecular complexity index is 756. The van der Waals surface area contributed by atoms with Crippen LogP contribution in [-0.4, -0.2) is 75.6 Å². The zero-order valence-corrected chi connectivity index (χ0v) is 15.6. The van der Waals surface area contributed by atoms with E-state index in [2.05, 4.69) is 5.32 Å². The van der Waals surface area contributed by atoms with Gasteiger partial charge in [-0.05, 0) is 18.2 Å². The van der Waals surface area contributed by atoms with Crippen LogP contribution in [0.1, 0.15) is 10.4 Å². The maximum atomic E-state index is 12.6. The summed E-state index contributed by atoms with van der Waals surface area (Å²) in [6, 6.07) is 6.09. The quantitative estimate of drug-likeness (QED) is 0.789.